The normalized spacial score (nSPS) is 12.9. The van der Waals surface area contributed by atoms with Crippen molar-refractivity contribution < 1.29 is 4.74 Å². The number of methoxy groups -OCH3 is 1. The van der Waals surface area contributed by atoms with Crippen LogP contribution < -0.4 is 5.32 Å². The number of para-hydroxylation sites is 1. The SMILES string of the molecule is COCC(C)CNc1cc2ccccc2[nH]1. The van der Waals surface area contributed by atoms with Crippen LogP contribution in [0.25, 0.3) is 10.9 Å². The van der Waals surface area contributed by atoms with Crippen LogP contribution in [0.4, 0.5) is 5.82 Å². The minimum Gasteiger partial charge on any atom is -0.384 e. The third-order valence-electron chi connectivity index (χ3n) is 2.62. The zero-order chi connectivity index (χ0) is 11.4. The molecule has 0 saturated carbocycles. The van der Waals surface area contributed by atoms with Crippen LogP contribution in [0.5, 0.6) is 0 Å². The number of benzene rings is 1. The first-order chi connectivity index (χ1) is 7.79. The summed E-state index contributed by atoms with van der Waals surface area (Å²) in [6.07, 6.45) is 0. The fourth-order valence-electron chi connectivity index (χ4n) is 1.80. The van der Waals surface area contributed by atoms with Gasteiger partial charge >= 0.3 is 0 Å². The summed E-state index contributed by atoms with van der Waals surface area (Å²) in [6, 6.07) is 10.4. The molecule has 1 unspecified atom stereocenters. The maximum atomic E-state index is 5.10. The molecule has 0 aliphatic rings. The Morgan fingerprint density at radius 2 is 2.19 bits per heavy atom. The molecule has 1 aromatic carbocycles. The molecule has 2 aromatic rings. The molecule has 1 aromatic heterocycles. The molecule has 0 aliphatic carbocycles. The zero-order valence-corrected chi connectivity index (χ0v) is 9.79. The van der Waals surface area contributed by atoms with Gasteiger partial charge in [-0.25, -0.2) is 0 Å². The van der Waals surface area contributed by atoms with Crippen LogP contribution in [0.2, 0.25) is 0 Å². The van der Waals surface area contributed by atoms with E-state index >= 15 is 0 Å². The number of hydrogen-bond donors (Lipinski definition) is 2. The van der Waals surface area contributed by atoms with E-state index in [1.807, 2.05) is 12.1 Å². The Balaban J connectivity index is 1.99. The summed E-state index contributed by atoms with van der Waals surface area (Å²) >= 11 is 0. The lowest BCUT2D eigenvalue weighted by molar-refractivity contribution is 0.164. The molecular weight excluding hydrogens is 200 g/mol. The van der Waals surface area contributed by atoms with Gasteiger partial charge in [-0.15, -0.1) is 0 Å². The van der Waals surface area contributed by atoms with Gasteiger partial charge in [0.15, 0.2) is 0 Å². The van der Waals surface area contributed by atoms with Crippen molar-refractivity contribution in [3.8, 4) is 0 Å². The minimum atomic E-state index is 0.511. The van der Waals surface area contributed by atoms with Gasteiger partial charge in [-0.3, -0.25) is 0 Å². The highest BCUT2D eigenvalue weighted by molar-refractivity contribution is 5.83. The Kier molecular flexibility index (Phi) is 3.47. The average molecular weight is 218 g/mol. The van der Waals surface area contributed by atoms with E-state index in [1.54, 1.807) is 7.11 Å². The van der Waals surface area contributed by atoms with E-state index in [9.17, 15) is 0 Å². The largest absolute Gasteiger partial charge is 0.384 e. The number of H-pyrrole nitrogens is 1. The molecule has 2 N–H and O–H groups in total. The first-order valence-electron chi connectivity index (χ1n) is 5.60. The molecule has 0 radical (unpaired) electrons. The standard InChI is InChI=1S/C13H18N2O/c1-10(9-16-2)8-14-13-7-11-5-3-4-6-12(11)15-13/h3-7,10,14-15H,8-9H2,1-2H3. The summed E-state index contributed by atoms with van der Waals surface area (Å²) in [5.41, 5.74) is 1.17. The number of rotatable bonds is 5. The summed E-state index contributed by atoms with van der Waals surface area (Å²) in [4.78, 5) is 3.34. The summed E-state index contributed by atoms with van der Waals surface area (Å²) in [5, 5.41) is 4.62. The number of nitrogens with one attached hydrogen (secondary N) is 2. The Morgan fingerprint density at radius 1 is 1.38 bits per heavy atom. The fourth-order valence-corrected chi connectivity index (χ4v) is 1.80. The van der Waals surface area contributed by atoms with E-state index in [0.29, 0.717) is 5.92 Å². The zero-order valence-electron chi connectivity index (χ0n) is 9.79. The quantitative estimate of drug-likeness (QED) is 0.809. The monoisotopic (exact) mass is 218 g/mol. The molecular formula is C13H18N2O. The molecule has 0 amide bonds. The fraction of sp³-hybridized carbons (Fsp3) is 0.385. The molecule has 0 aliphatic heterocycles. The van der Waals surface area contributed by atoms with Crippen molar-refractivity contribution in [2.75, 3.05) is 25.6 Å². The summed E-state index contributed by atoms with van der Waals surface area (Å²) in [5.74, 6) is 1.58. The van der Waals surface area contributed by atoms with Crippen molar-refractivity contribution in [1.82, 2.24) is 4.98 Å². The van der Waals surface area contributed by atoms with Gasteiger partial charge in [-0.1, -0.05) is 25.1 Å². The van der Waals surface area contributed by atoms with E-state index in [4.69, 9.17) is 4.74 Å². The highest BCUT2D eigenvalue weighted by Crippen LogP contribution is 2.18. The maximum Gasteiger partial charge on any atom is 0.104 e. The molecule has 86 valence electrons. The first kappa shape index (κ1) is 11.0. The Labute approximate surface area is 95.8 Å². The molecule has 1 atom stereocenters. The highest BCUT2D eigenvalue weighted by atomic mass is 16.5. The van der Waals surface area contributed by atoms with Crippen molar-refractivity contribution in [3.05, 3.63) is 30.3 Å². The second-order valence-corrected chi connectivity index (χ2v) is 4.21. The molecule has 0 saturated heterocycles. The molecule has 0 spiro atoms. The topological polar surface area (TPSA) is 37.0 Å². The number of aromatic nitrogens is 1. The first-order valence-corrected chi connectivity index (χ1v) is 5.60. The van der Waals surface area contributed by atoms with Crippen molar-refractivity contribution in [2.45, 2.75) is 6.92 Å². The second-order valence-electron chi connectivity index (χ2n) is 4.21. The van der Waals surface area contributed by atoms with Gasteiger partial charge in [0.1, 0.15) is 5.82 Å². The summed E-state index contributed by atoms with van der Waals surface area (Å²) < 4.78 is 5.10. The van der Waals surface area contributed by atoms with Crippen molar-refractivity contribution in [1.29, 1.82) is 0 Å². The smallest absolute Gasteiger partial charge is 0.104 e. The predicted molar refractivity (Wildman–Crippen MR) is 67.8 cm³/mol. The molecule has 3 nitrogen and oxygen atoms in total. The molecule has 2 rings (SSSR count). The van der Waals surface area contributed by atoms with E-state index < -0.39 is 0 Å². The van der Waals surface area contributed by atoms with Crippen molar-refractivity contribution in [2.24, 2.45) is 5.92 Å². The van der Waals surface area contributed by atoms with Gasteiger partial charge in [0, 0.05) is 24.6 Å². The lowest BCUT2D eigenvalue weighted by atomic mass is 10.2. The Morgan fingerprint density at radius 3 is 2.94 bits per heavy atom. The predicted octanol–water partition coefficient (Wildman–Crippen LogP) is 2.86. The number of anilines is 1. The Bertz CT molecular complexity index is 417. The van der Waals surface area contributed by atoms with Crippen LogP contribution in [-0.2, 0) is 4.74 Å². The van der Waals surface area contributed by atoms with Gasteiger partial charge in [0.25, 0.3) is 0 Å². The maximum absolute atomic E-state index is 5.10. The van der Waals surface area contributed by atoms with Crippen LogP contribution in [0, 0.1) is 5.92 Å². The van der Waals surface area contributed by atoms with Gasteiger partial charge in [-0.05, 0) is 18.1 Å². The summed E-state index contributed by atoms with van der Waals surface area (Å²) in [6.45, 7) is 3.87. The molecule has 3 heteroatoms. The van der Waals surface area contributed by atoms with Gasteiger partial charge in [0.2, 0.25) is 0 Å². The van der Waals surface area contributed by atoms with Gasteiger partial charge < -0.3 is 15.0 Å². The third-order valence-corrected chi connectivity index (χ3v) is 2.62. The molecule has 0 bridgehead atoms. The number of hydrogen-bond acceptors (Lipinski definition) is 2. The lowest BCUT2D eigenvalue weighted by Gasteiger charge is -2.10. The van der Waals surface area contributed by atoms with Crippen molar-refractivity contribution in [3.63, 3.8) is 0 Å². The van der Waals surface area contributed by atoms with E-state index in [2.05, 4.69) is 35.4 Å². The molecule has 1 heterocycles. The van der Waals surface area contributed by atoms with E-state index in [-0.39, 0.29) is 0 Å². The van der Waals surface area contributed by atoms with Crippen molar-refractivity contribution >= 4 is 16.7 Å². The molecule has 0 fully saturated rings. The summed E-state index contributed by atoms with van der Waals surface area (Å²) in [7, 11) is 1.74. The Hall–Kier alpha value is -1.48. The van der Waals surface area contributed by atoms with Crippen LogP contribution >= 0.6 is 0 Å². The van der Waals surface area contributed by atoms with Crippen LogP contribution in [-0.4, -0.2) is 25.2 Å². The second kappa shape index (κ2) is 5.03. The average Bonchev–Trinajstić information content (AvgIpc) is 2.69. The lowest BCUT2D eigenvalue weighted by Crippen LogP contribution is -2.15. The van der Waals surface area contributed by atoms with Gasteiger partial charge in [0.05, 0.1) is 6.61 Å². The van der Waals surface area contributed by atoms with Crippen LogP contribution in [0.1, 0.15) is 6.92 Å². The third kappa shape index (κ3) is 2.55. The minimum absolute atomic E-state index is 0.511. The van der Waals surface area contributed by atoms with Gasteiger partial charge in [-0.2, -0.15) is 0 Å². The number of ether oxygens (including phenoxy) is 1. The van der Waals surface area contributed by atoms with E-state index in [0.717, 1.165) is 19.0 Å². The highest BCUT2D eigenvalue weighted by Gasteiger charge is 2.03. The van der Waals surface area contributed by atoms with Crippen LogP contribution in [0.3, 0.4) is 0 Å². The van der Waals surface area contributed by atoms with Crippen LogP contribution in [0.15, 0.2) is 30.3 Å². The molecule has 16 heavy (non-hydrogen) atoms. The number of aromatic amines is 1. The number of fused-ring (bicyclic) bond motifs is 1. The van der Waals surface area contributed by atoms with E-state index in [1.165, 1.54) is 10.9 Å².